The number of para-hydroxylation sites is 9. The molecule has 0 saturated carbocycles. The molecule has 0 spiro atoms. The van der Waals surface area contributed by atoms with Crippen LogP contribution in [-0.2, 0) is 97.2 Å². The molecule has 3 aliphatic heterocycles. The summed E-state index contributed by atoms with van der Waals surface area (Å²) in [4.78, 5) is 28.0. The van der Waals surface area contributed by atoms with Gasteiger partial charge in [0.25, 0.3) is 0 Å². The zero-order valence-electron chi connectivity index (χ0n) is 74.7. The van der Waals surface area contributed by atoms with Crippen LogP contribution in [0.4, 0.5) is 39.8 Å². The van der Waals surface area contributed by atoms with Gasteiger partial charge >= 0.3 is 0 Å². The van der Waals surface area contributed by atoms with E-state index in [2.05, 4.69) is 471 Å². The molecule has 18 heteroatoms. The third-order valence-corrected chi connectivity index (χ3v) is 27.2. The monoisotopic (exact) mass is 2290 g/mol. The molecular formula is C118H82N15Pt3-9. The maximum atomic E-state index is 5.24. The van der Waals surface area contributed by atoms with Gasteiger partial charge in [-0.2, -0.15) is 38.2 Å². The van der Waals surface area contributed by atoms with Crippen molar-refractivity contribution in [1.29, 1.82) is 0 Å². The SMILES string of the molecule is CN1C=CN(c2[c-]c(-n3c4[c-]c(-c5nc6cc7c(cc6n5C)Cc5ccccc5-7)ccc4c4cc5c(cc43)Cc3ccccc3-5)ccc2)[CH-]1.CN1[CH-]N(c2[c-]c(-n3c4[c-]c(-c5nc6ccccc6n5C)ccc4c4cc(-c5ccccc5)ccc43)ccc2)c2ccccc21.CN1[CH-]N(c2[c-]c(-n3c4[c-]c(-c5nc6ccccc6n5C)ccc4c4ccccc43)ccc2)c2ccccc21.[Pt].[Pt].[Pt]. The number of nitrogens with zero attached hydrogens (tertiary/aromatic N) is 15. The summed E-state index contributed by atoms with van der Waals surface area (Å²) < 4.78 is 13.4. The van der Waals surface area contributed by atoms with E-state index in [1.165, 1.54) is 94.1 Å². The van der Waals surface area contributed by atoms with Crippen LogP contribution in [-0.4, -0.2) is 68.4 Å². The Kier molecular flexibility index (Phi) is 21.3. The number of fused-ring (bicyclic) bond motifs is 20. The minimum atomic E-state index is 0. The first-order valence-electron chi connectivity index (χ1n) is 45.0. The fraction of sp³-hybridized carbons (Fsp3) is 0.0678. The Morgan fingerprint density at radius 3 is 1.20 bits per heavy atom. The molecule has 0 fully saturated rings. The Balaban J connectivity index is 0.000000114. The molecule has 15 nitrogen and oxygen atoms in total. The second-order valence-electron chi connectivity index (χ2n) is 35.1. The Labute approximate surface area is 830 Å². The van der Waals surface area contributed by atoms with Crippen molar-refractivity contribution >= 4 is 138 Å². The van der Waals surface area contributed by atoms with E-state index in [0.717, 1.165) is 164 Å². The third-order valence-electron chi connectivity index (χ3n) is 27.2. The normalized spacial score (nSPS) is 13.2. The van der Waals surface area contributed by atoms with Crippen molar-refractivity contribution in [2.24, 2.45) is 21.1 Å². The van der Waals surface area contributed by atoms with E-state index in [9.17, 15) is 0 Å². The minimum absolute atomic E-state index is 0. The Hall–Kier alpha value is -14.8. The summed E-state index contributed by atoms with van der Waals surface area (Å²) in [5, 5.41) is 7.06. The molecule has 0 unspecified atom stereocenters. The van der Waals surface area contributed by atoms with Crippen molar-refractivity contribution in [3.8, 4) is 84.6 Å². The van der Waals surface area contributed by atoms with Crippen LogP contribution in [0.15, 0.2) is 346 Å². The average molecular weight is 2300 g/mol. The number of rotatable bonds is 10. The standard InChI is InChI=1S/C44H30N5.C40H28N5.C34H24N5.3Pt/c1-46-16-17-48(26-46)32-10-7-11-33(23-32)49-41-20-29(14-15-36(41)39-24-37-30(21-42(39)49)18-27-8-3-5-12-34(27)37)44-45-40-25-38-31(22-43(40)47(44)2)19-28-9-4-6-13-35(28)38;1-42-26-44(38-18-9-8-17-37(38)42)30-13-10-14-31(25-30)45-35-22-20-28(27-11-4-3-5-12-27)23-33(35)32-21-19-29(24-39(32)45)40-41-34-15-6-7-16-36(34)43(40)2;1-36-22-38(32-17-8-7-16-31(32)36)24-10-9-11-25(21-24)39-29-14-5-3-12-26(29)27-19-18-23(20-33(27)39)34-35-28-13-4-6-15-30(28)37(34)2;;;/h3-17,21-22,24-26H,18-19H2,1-2H3;3-23,26H,1-2H3;3-19,22H,1-2H3;;;/q3*-3;;;. The van der Waals surface area contributed by atoms with E-state index < -0.39 is 0 Å². The molecule has 17 aromatic carbocycles. The van der Waals surface area contributed by atoms with Gasteiger partial charge in [-0.15, -0.1) is 143 Å². The molecule has 0 N–H and O–H groups in total. The van der Waals surface area contributed by atoms with Gasteiger partial charge in [0.2, 0.25) is 0 Å². The van der Waals surface area contributed by atoms with Gasteiger partial charge in [-0.25, -0.2) is 0 Å². The summed E-state index contributed by atoms with van der Waals surface area (Å²) in [7, 11) is 12.5. The van der Waals surface area contributed by atoms with E-state index in [1.807, 2.05) is 30.3 Å². The largest absolute Gasteiger partial charge is 0.510 e. The number of benzene rings is 17. The number of aryl methyl sites for hydroxylation is 3. The van der Waals surface area contributed by atoms with Crippen LogP contribution in [0, 0.1) is 56.4 Å². The van der Waals surface area contributed by atoms with Gasteiger partial charge in [-0.1, -0.05) is 197 Å². The van der Waals surface area contributed by atoms with E-state index in [4.69, 9.17) is 15.0 Å². The Morgan fingerprint density at radius 2 is 0.669 bits per heavy atom. The van der Waals surface area contributed by atoms with Crippen LogP contribution >= 0.6 is 0 Å². The summed E-state index contributed by atoms with van der Waals surface area (Å²) in [5.74, 6) is 2.71. The van der Waals surface area contributed by atoms with Gasteiger partial charge in [0, 0.05) is 124 Å². The van der Waals surface area contributed by atoms with Crippen molar-refractivity contribution in [2.45, 2.75) is 12.8 Å². The van der Waals surface area contributed by atoms with Crippen LogP contribution in [0.3, 0.4) is 0 Å². The van der Waals surface area contributed by atoms with Crippen LogP contribution in [0.1, 0.15) is 22.3 Å². The van der Waals surface area contributed by atoms with E-state index in [0.29, 0.717) is 0 Å². The van der Waals surface area contributed by atoms with E-state index in [-0.39, 0.29) is 63.2 Å². The predicted molar refractivity (Wildman–Crippen MR) is 543 cm³/mol. The maximum Gasteiger partial charge on any atom is 0.0777 e. The Bertz CT molecular complexity index is 8810. The van der Waals surface area contributed by atoms with Crippen molar-refractivity contribution in [3.05, 3.63) is 425 Å². The number of aromatic nitrogens is 9. The molecule has 0 amide bonds. The zero-order chi connectivity index (χ0) is 88.5. The smallest absolute Gasteiger partial charge is 0.0777 e. The zero-order valence-corrected chi connectivity index (χ0v) is 81.5. The summed E-state index contributed by atoms with van der Waals surface area (Å²) in [6.07, 6.45) is 6.02. The topological polar surface area (TPSA) is 87.7 Å². The molecule has 23 aromatic rings. The molecule has 0 radical (unpaired) electrons. The first-order chi connectivity index (χ1) is 65.4. The number of anilines is 7. The number of imidazole rings is 3. The maximum absolute atomic E-state index is 5.24. The fourth-order valence-corrected chi connectivity index (χ4v) is 20.9. The Morgan fingerprint density at radius 1 is 0.257 bits per heavy atom. The van der Waals surface area contributed by atoms with Gasteiger partial charge in [-0.05, 0) is 214 Å². The van der Waals surface area contributed by atoms with Gasteiger partial charge in [0.05, 0.1) is 50.6 Å². The average Bonchev–Trinajstić information content (AvgIpc) is 1.51. The first kappa shape index (κ1) is 85.4. The van der Waals surface area contributed by atoms with Gasteiger partial charge < -0.3 is 56.8 Å². The summed E-state index contributed by atoms with van der Waals surface area (Å²) in [6.45, 7) is 6.30. The first-order valence-corrected chi connectivity index (χ1v) is 45.0. The quantitative estimate of drug-likeness (QED) is 0.124. The van der Waals surface area contributed by atoms with Gasteiger partial charge in [0.1, 0.15) is 0 Å². The molecule has 2 aliphatic carbocycles. The molecule has 136 heavy (non-hydrogen) atoms. The van der Waals surface area contributed by atoms with Crippen molar-refractivity contribution in [2.75, 3.05) is 45.6 Å². The van der Waals surface area contributed by atoms with E-state index >= 15 is 0 Å². The van der Waals surface area contributed by atoms with Crippen LogP contribution in [0.25, 0.3) is 183 Å². The predicted octanol–water partition coefficient (Wildman–Crippen LogP) is 26.4. The molecule has 5 aliphatic rings. The van der Waals surface area contributed by atoms with Crippen LogP contribution in [0.5, 0.6) is 0 Å². The molecular weight excluding hydrogens is 2210 g/mol. The van der Waals surface area contributed by atoms with Crippen LogP contribution < -0.4 is 24.5 Å². The van der Waals surface area contributed by atoms with E-state index in [1.54, 1.807) is 0 Å². The van der Waals surface area contributed by atoms with Crippen molar-refractivity contribution in [1.82, 2.24) is 47.3 Å². The van der Waals surface area contributed by atoms with Crippen LogP contribution in [0.2, 0.25) is 0 Å². The summed E-state index contributed by atoms with van der Waals surface area (Å²) in [5.41, 5.74) is 39.3. The second kappa shape index (κ2) is 34.0. The van der Waals surface area contributed by atoms with Gasteiger partial charge in [-0.3, -0.25) is 15.0 Å². The second-order valence-corrected chi connectivity index (χ2v) is 35.1. The van der Waals surface area contributed by atoms with Crippen molar-refractivity contribution < 1.29 is 63.2 Å². The molecule has 28 rings (SSSR count). The van der Waals surface area contributed by atoms with Gasteiger partial charge in [0.15, 0.2) is 0 Å². The summed E-state index contributed by atoms with van der Waals surface area (Å²) >= 11 is 0. The molecule has 6 aromatic heterocycles. The summed E-state index contributed by atoms with van der Waals surface area (Å²) in [6, 6.07) is 141. The molecule has 0 bridgehead atoms. The molecule has 9 heterocycles. The molecule has 668 valence electrons. The number of hydrogen-bond acceptors (Lipinski definition) is 9. The fourth-order valence-electron chi connectivity index (χ4n) is 20.9. The third kappa shape index (κ3) is 14.0. The minimum Gasteiger partial charge on any atom is -0.510 e. The molecule has 0 saturated heterocycles. The number of hydrogen-bond donors (Lipinski definition) is 0. The molecule has 0 atom stereocenters. The van der Waals surface area contributed by atoms with Crippen molar-refractivity contribution in [3.63, 3.8) is 0 Å².